The summed E-state index contributed by atoms with van der Waals surface area (Å²) in [7, 11) is 1.55. The van der Waals surface area contributed by atoms with Gasteiger partial charge in [-0.3, -0.25) is 14.4 Å². The lowest BCUT2D eigenvalue weighted by Gasteiger charge is -2.22. The molecule has 2 fully saturated rings. The van der Waals surface area contributed by atoms with Gasteiger partial charge in [0.15, 0.2) is 0 Å². The highest BCUT2D eigenvalue weighted by molar-refractivity contribution is 6.01. The lowest BCUT2D eigenvalue weighted by molar-refractivity contribution is -0.141. The lowest BCUT2D eigenvalue weighted by Crippen LogP contribution is -2.36. The van der Waals surface area contributed by atoms with E-state index >= 15 is 0 Å². The number of carbonyl (C=O) groups excluding carboxylic acids is 2. The normalized spacial score (nSPS) is 23.2. The number of nitrogens with zero attached hydrogens (tertiary/aromatic N) is 2. The first kappa shape index (κ1) is 17.3. The predicted molar refractivity (Wildman–Crippen MR) is 90.5 cm³/mol. The molecule has 0 aromatic heterocycles. The highest BCUT2D eigenvalue weighted by Gasteiger charge is 2.40. The molecule has 2 heterocycles. The number of carboxylic acid groups (broad SMARTS) is 1. The van der Waals surface area contributed by atoms with E-state index in [0.29, 0.717) is 30.9 Å². The highest BCUT2D eigenvalue weighted by atomic mass is 16.5. The molecule has 2 unspecified atom stereocenters. The molecular weight excluding hydrogens is 324 g/mol. The minimum atomic E-state index is -0.871. The Morgan fingerprint density at radius 2 is 2.00 bits per heavy atom. The number of amides is 2. The number of hydrogen-bond acceptors (Lipinski definition) is 4. The first-order chi connectivity index (χ1) is 11.9. The summed E-state index contributed by atoms with van der Waals surface area (Å²) >= 11 is 0. The molecule has 7 heteroatoms. The standard InChI is InChI=1S/C18H22N2O5/c1-11-3-4-15(25-2)14(7-11)20-10-13(8-16(20)21)17(22)19-6-5-12(9-19)18(23)24/h3-4,7,12-13H,5-6,8-10H2,1-2H3,(H,23,24). The summed E-state index contributed by atoms with van der Waals surface area (Å²) in [6.07, 6.45) is 0.612. The molecule has 1 N–H and O–H groups in total. The van der Waals surface area contributed by atoms with Crippen LogP contribution in [0.2, 0.25) is 0 Å². The number of anilines is 1. The number of ether oxygens (including phenoxy) is 1. The van der Waals surface area contributed by atoms with Gasteiger partial charge in [-0.2, -0.15) is 0 Å². The third-order valence-corrected chi connectivity index (χ3v) is 4.95. The SMILES string of the molecule is COc1ccc(C)cc1N1CC(C(=O)N2CCC(C(=O)O)C2)CC1=O. The molecule has 134 valence electrons. The number of benzene rings is 1. The molecule has 2 atom stereocenters. The van der Waals surface area contributed by atoms with E-state index in [1.54, 1.807) is 16.9 Å². The van der Waals surface area contributed by atoms with Crippen LogP contribution in [0.3, 0.4) is 0 Å². The lowest BCUT2D eigenvalue weighted by atomic mass is 10.1. The monoisotopic (exact) mass is 346 g/mol. The van der Waals surface area contributed by atoms with Gasteiger partial charge in [-0.15, -0.1) is 0 Å². The number of methoxy groups -OCH3 is 1. The van der Waals surface area contributed by atoms with Crippen LogP contribution in [-0.2, 0) is 14.4 Å². The average Bonchev–Trinajstić information content (AvgIpc) is 3.21. The van der Waals surface area contributed by atoms with Crippen molar-refractivity contribution in [3.8, 4) is 5.75 Å². The van der Waals surface area contributed by atoms with Crippen LogP contribution in [0.1, 0.15) is 18.4 Å². The number of hydrogen-bond donors (Lipinski definition) is 1. The zero-order chi connectivity index (χ0) is 18.1. The van der Waals surface area contributed by atoms with Gasteiger partial charge in [0.1, 0.15) is 5.75 Å². The van der Waals surface area contributed by atoms with Crippen LogP contribution >= 0.6 is 0 Å². The number of likely N-dealkylation sites (tertiary alicyclic amines) is 1. The number of aryl methyl sites for hydroxylation is 1. The molecule has 2 aliphatic heterocycles. The van der Waals surface area contributed by atoms with E-state index in [9.17, 15) is 14.4 Å². The van der Waals surface area contributed by atoms with Crippen molar-refractivity contribution >= 4 is 23.5 Å². The van der Waals surface area contributed by atoms with Crippen molar-refractivity contribution in [3.05, 3.63) is 23.8 Å². The molecule has 3 rings (SSSR count). The summed E-state index contributed by atoms with van der Waals surface area (Å²) in [5.74, 6) is -1.47. The number of aliphatic carboxylic acids is 1. The van der Waals surface area contributed by atoms with Crippen molar-refractivity contribution in [3.63, 3.8) is 0 Å². The fraction of sp³-hybridized carbons (Fsp3) is 0.500. The molecular formula is C18H22N2O5. The maximum absolute atomic E-state index is 12.7. The van der Waals surface area contributed by atoms with Crippen LogP contribution in [-0.4, -0.2) is 54.5 Å². The molecule has 0 radical (unpaired) electrons. The first-order valence-electron chi connectivity index (χ1n) is 8.37. The Morgan fingerprint density at radius 1 is 1.24 bits per heavy atom. The average molecular weight is 346 g/mol. The summed E-state index contributed by atoms with van der Waals surface area (Å²) < 4.78 is 5.34. The van der Waals surface area contributed by atoms with Crippen molar-refractivity contribution in [2.24, 2.45) is 11.8 Å². The van der Waals surface area contributed by atoms with Gasteiger partial charge in [-0.25, -0.2) is 0 Å². The third-order valence-electron chi connectivity index (χ3n) is 4.95. The van der Waals surface area contributed by atoms with Crippen molar-refractivity contribution in [2.75, 3.05) is 31.6 Å². The van der Waals surface area contributed by atoms with Crippen LogP contribution < -0.4 is 9.64 Å². The van der Waals surface area contributed by atoms with Crippen molar-refractivity contribution in [2.45, 2.75) is 19.8 Å². The van der Waals surface area contributed by atoms with Crippen LogP contribution in [0, 0.1) is 18.8 Å². The Hall–Kier alpha value is -2.57. The molecule has 2 saturated heterocycles. The van der Waals surface area contributed by atoms with Crippen molar-refractivity contribution in [1.82, 2.24) is 4.90 Å². The van der Waals surface area contributed by atoms with Crippen molar-refractivity contribution in [1.29, 1.82) is 0 Å². The van der Waals surface area contributed by atoms with E-state index in [4.69, 9.17) is 9.84 Å². The van der Waals surface area contributed by atoms with Gasteiger partial charge in [0, 0.05) is 26.1 Å². The summed E-state index contributed by atoms with van der Waals surface area (Å²) in [4.78, 5) is 39.4. The minimum absolute atomic E-state index is 0.115. The van der Waals surface area contributed by atoms with Gasteiger partial charge in [-0.1, -0.05) is 6.07 Å². The molecule has 0 aliphatic carbocycles. The maximum atomic E-state index is 12.7. The zero-order valence-corrected chi connectivity index (χ0v) is 14.4. The maximum Gasteiger partial charge on any atom is 0.308 e. The van der Waals surface area contributed by atoms with Crippen molar-refractivity contribution < 1.29 is 24.2 Å². The van der Waals surface area contributed by atoms with Crippen LogP contribution in [0.15, 0.2) is 18.2 Å². The molecule has 2 amide bonds. The smallest absolute Gasteiger partial charge is 0.308 e. The number of carbonyl (C=O) groups is 3. The van der Waals surface area contributed by atoms with Crippen LogP contribution in [0.5, 0.6) is 5.75 Å². The summed E-state index contributed by atoms with van der Waals surface area (Å²) in [5.41, 5.74) is 1.68. The van der Waals surface area contributed by atoms with E-state index in [2.05, 4.69) is 0 Å². The molecule has 1 aromatic rings. The Labute approximate surface area is 146 Å². The van der Waals surface area contributed by atoms with Gasteiger partial charge in [0.2, 0.25) is 11.8 Å². The second-order valence-electron chi connectivity index (χ2n) is 6.69. The number of rotatable bonds is 4. The molecule has 2 aliphatic rings. The van der Waals surface area contributed by atoms with E-state index in [1.165, 1.54) is 0 Å². The Kier molecular flexibility index (Phi) is 4.65. The summed E-state index contributed by atoms with van der Waals surface area (Å²) in [5, 5.41) is 9.08. The van der Waals surface area contributed by atoms with E-state index < -0.39 is 17.8 Å². The Bertz CT molecular complexity index is 717. The summed E-state index contributed by atoms with van der Waals surface area (Å²) in [6.45, 7) is 2.90. The predicted octanol–water partition coefficient (Wildman–Crippen LogP) is 1.29. The van der Waals surface area contributed by atoms with E-state index in [0.717, 1.165) is 5.56 Å². The van der Waals surface area contributed by atoms with Gasteiger partial charge in [-0.05, 0) is 31.0 Å². The fourth-order valence-corrected chi connectivity index (χ4v) is 3.54. The topological polar surface area (TPSA) is 87.2 Å². The van der Waals surface area contributed by atoms with Crippen LogP contribution in [0.25, 0.3) is 0 Å². The minimum Gasteiger partial charge on any atom is -0.495 e. The number of carboxylic acids is 1. The van der Waals surface area contributed by atoms with Gasteiger partial charge in [0.05, 0.1) is 24.6 Å². The van der Waals surface area contributed by atoms with Gasteiger partial charge in [0.25, 0.3) is 0 Å². The van der Waals surface area contributed by atoms with E-state index in [1.807, 2.05) is 25.1 Å². The Morgan fingerprint density at radius 3 is 2.64 bits per heavy atom. The van der Waals surface area contributed by atoms with E-state index in [-0.39, 0.29) is 24.8 Å². The molecule has 1 aromatic carbocycles. The largest absolute Gasteiger partial charge is 0.495 e. The summed E-state index contributed by atoms with van der Waals surface area (Å²) in [6, 6.07) is 5.59. The van der Waals surface area contributed by atoms with Gasteiger partial charge < -0.3 is 19.6 Å². The highest BCUT2D eigenvalue weighted by Crippen LogP contribution is 2.34. The third kappa shape index (κ3) is 3.31. The molecule has 25 heavy (non-hydrogen) atoms. The molecule has 0 saturated carbocycles. The second-order valence-corrected chi connectivity index (χ2v) is 6.69. The van der Waals surface area contributed by atoms with Gasteiger partial charge >= 0.3 is 5.97 Å². The zero-order valence-electron chi connectivity index (χ0n) is 14.4. The quantitative estimate of drug-likeness (QED) is 0.888. The first-order valence-corrected chi connectivity index (χ1v) is 8.37. The Balaban J connectivity index is 1.74. The molecule has 7 nitrogen and oxygen atoms in total. The molecule has 0 spiro atoms. The fourth-order valence-electron chi connectivity index (χ4n) is 3.54. The molecule has 0 bridgehead atoms. The van der Waals surface area contributed by atoms with Crippen LogP contribution in [0.4, 0.5) is 5.69 Å². The second kappa shape index (κ2) is 6.74.